The Morgan fingerprint density at radius 1 is 1.47 bits per heavy atom. The van der Waals surface area contributed by atoms with Crippen molar-refractivity contribution in [1.29, 1.82) is 5.26 Å². The summed E-state index contributed by atoms with van der Waals surface area (Å²) < 4.78 is 13.0. The lowest BCUT2D eigenvalue weighted by atomic mass is 10.1. The number of H-pyrrole nitrogens is 1. The molecule has 1 heterocycles. The molecule has 2 rings (SSSR count). The smallest absolute Gasteiger partial charge is 0.166 e. The van der Waals surface area contributed by atoms with Crippen molar-refractivity contribution >= 4 is 0 Å². The van der Waals surface area contributed by atoms with Crippen LogP contribution in [0.15, 0.2) is 24.3 Å². The monoisotopic (exact) mass is 201 g/mol. The van der Waals surface area contributed by atoms with Gasteiger partial charge in [-0.15, -0.1) is 0 Å². The van der Waals surface area contributed by atoms with Gasteiger partial charge in [0.2, 0.25) is 0 Å². The molecule has 0 spiro atoms. The molecule has 0 saturated heterocycles. The molecule has 1 aromatic carbocycles. The number of aryl methyl sites for hydroxylation is 1. The number of nitriles is 1. The van der Waals surface area contributed by atoms with Crippen LogP contribution in [0.5, 0.6) is 0 Å². The van der Waals surface area contributed by atoms with Crippen LogP contribution in [0.2, 0.25) is 0 Å². The molecule has 0 atom stereocenters. The van der Waals surface area contributed by atoms with Gasteiger partial charge in [0.1, 0.15) is 17.7 Å². The number of benzene rings is 1. The largest absolute Gasteiger partial charge is 0.341 e. The lowest BCUT2D eigenvalue weighted by Gasteiger charge is -1.97. The maximum Gasteiger partial charge on any atom is 0.166 e. The molecule has 0 amide bonds. The predicted molar refractivity (Wildman–Crippen MR) is 53.4 cm³/mol. The molecule has 4 heteroatoms. The van der Waals surface area contributed by atoms with Crippen molar-refractivity contribution in [3.8, 4) is 17.3 Å². The summed E-state index contributed by atoms with van der Waals surface area (Å²) in [5.41, 5.74) is 1.49. The minimum absolute atomic E-state index is 0.290. The quantitative estimate of drug-likeness (QED) is 0.770. The predicted octanol–water partition coefficient (Wildman–Crippen LogP) is 2.40. The van der Waals surface area contributed by atoms with Gasteiger partial charge in [0.25, 0.3) is 0 Å². The van der Waals surface area contributed by atoms with Crippen molar-refractivity contribution in [2.75, 3.05) is 0 Å². The number of halogens is 1. The Kier molecular flexibility index (Phi) is 2.22. The van der Waals surface area contributed by atoms with E-state index in [-0.39, 0.29) is 11.5 Å². The Hall–Kier alpha value is -2.15. The molecular formula is C11H8FN3. The summed E-state index contributed by atoms with van der Waals surface area (Å²) in [6, 6.07) is 8.03. The van der Waals surface area contributed by atoms with Gasteiger partial charge in [-0.1, -0.05) is 12.1 Å². The van der Waals surface area contributed by atoms with Gasteiger partial charge < -0.3 is 4.98 Å². The fraction of sp³-hybridized carbons (Fsp3) is 0.0909. The molecule has 1 aromatic heterocycles. The van der Waals surface area contributed by atoms with Crippen LogP contribution in [-0.4, -0.2) is 9.97 Å². The van der Waals surface area contributed by atoms with Crippen LogP contribution in [-0.2, 0) is 0 Å². The van der Waals surface area contributed by atoms with Crippen molar-refractivity contribution < 1.29 is 4.39 Å². The van der Waals surface area contributed by atoms with E-state index < -0.39 is 0 Å². The normalized spacial score (nSPS) is 9.93. The van der Waals surface area contributed by atoms with E-state index in [1.807, 2.05) is 6.07 Å². The highest BCUT2D eigenvalue weighted by Crippen LogP contribution is 2.21. The third-order valence-electron chi connectivity index (χ3n) is 2.04. The summed E-state index contributed by atoms with van der Waals surface area (Å²) in [5.74, 6) is 0.314. The van der Waals surface area contributed by atoms with Crippen LogP contribution in [0.3, 0.4) is 0 Å². The lowest BCUT2D eigenvalue weighted by Crippen LogP contribution is -1.83. The lowest BCUT2D eigenvalue weighted by molar-refractivity contribution is 0.628. The SMILES string of the molecule is Cc1nc(C#N)c(-c2cccc(F)c2)[nH]1. The van der Waals surface area contributed by atoms with Crippen LogP contribution in [0.1, 0.15) is 11.5 Å². The molecule has 0 bridgehead atoms. The maximum atomic E-state index is 13.0. The first-order valence-electron chi connectivity index (χ1n) is 4.43. The standard InChI is InChI=1S/C11H8FN3/c1-7-14-10(6-13)11(15-7)8-3-2-4-9(12)5-8/h2-5H,1H3,(H,14,15). The van der Waals surface area contributed by atoms with Gasteiger partial charge in [-0.2, -0.15) is 5.26 Å². The van der Waals surface area contributed by atoms with Gasteiger partial charge in [-0.25, -0.2) is 9.37 Å². The van der Waals surface area contributed by atoms with E-state index in [2.05, 4.69) is 9.97 Å². The summed E-state index contributed by atoms with van der Waals surface area (Å²) in [6.45, 7) is 1.75. The van der Waals surface area contributed by atoms with E-state index in [9.17, 15) is 4.39 Å². The number of imidazole rings is 1. The zero-order valence-electron chi connectivity index (χ0n) is 8.08. The second-order valence-electron chi connectivity index (χ2n) is 3.17. The molecule has 0 aliphatic heterocycles. The molecule has 74 valence electrons. The Morgan fingerprint density at radius 3 is 2.93 bits per heavy atom. The first-order valence-corrected chi connectivity index (χ1v) is 4.43. The molecule has 0 unspecified atom stereocenters. The Balaban J connectivity index is 2.59. The molecule has 0 saturated carbocycles. The maximum absolute atomic E-state index is 13.0. The highest BCUT2D eigenvalue weighted by Gasteiger charge is 2.09. The Bertz CT molecular complexity index is 537. The summed E-state index contributed by atoms with van der Waals surface area (Å²) in [5, 5.41) is 8.84. The fourth-order valence-corrected chi connectivity index (χ4v) is 1.43. The fourth-order valence-electron chi connectivity index (χ4n) is 1.43. The van der Waals surface area contributed by atoms with Crippen LogP contribution >= 0.6 is 0 Å². The van der Waals surface area contributed by atoms with Crippen LogP contribution in [0.4, 0.5) is 4.39 Å². The third-order valence-corrected chi connectivity index (χ3v) is 2.04. The van der Waals surface area contributed by atoms with Gasteiger partial charge in [0.15, 0.2) is 5.69 Å². The van der Waals surface area contributed by atoms with Crippen molar-refractivity contribution in [3.05, 3.63) is 41.6 Å². The van der Waals surface area contributed by atoms with E-state index >= 15 is 0 Å². The minimum Gasteiger partial charge on any atom is -0.341 e. The van der Waals surface area contributed by atoms with E-state index in [0.717, 1.165) is 0 Å². The number of aromatic amines is 1. The molecular weight excluding hydrogens is 193 g/mol. The van der Waals surface area contributed by atoms with Gasteiger partial charge in [-0.3, -0.25) is 0 Å². The van der Waals surface area contributed by atoms with Gasteiger partial charge >= 0.3 is 0 Å². The third kappa shape index (κ3) is 1.72. The van der Waals surface area contributed by atoms with Crippen LogP contribution in [0, 0.1) is 24.1 Å². The van der Waals surface area contributed by atoms with Crippen LogP contribution in [0.25, 0.3) is 11.3 Å². The molecule has 0 aliphatic carbocycles. The van der Waals surface area contributed by atoms with Crippen LogP contribution < -0.4 is 0 Å². The number of rotatable bonds is 1. The number of hydrogen-bond acceptors (Lipinski definition) is 2. The summed E-state index contributed by atoms with van der Waals surface area (Å²) in [7, 11) is 0. The zero-order valence-corrected chi connectivity index (χ0v) is 8.08. The number of nitrogens with zero attached hydrogens (tertiary/aromatic N) is 2. The highest BCUT2D eigenvalue weighted by molar-refractivity contribution is 5.65. The number of nitrogens with one attached hydrogen (secondary N) is 1. The molecule has 0 radical (unpaired) electrons. The van der Waals surface area contributed by atoms with Gasteiger partial charge in [0, 0.05) is 5.56 Å². The van der Waals surface area contributed by atoms with Crippen molar-refractivity contribution in [1.82, 2.24) is 9.97 Å². The van der Waals surface area contributed by atoms with Gasteiger partial charge in [0.05, 0.1) is 5.69 Å². The molecule has 0 fully saturated rings. The van der Waals surface area contributed by atoms with Crippen molar-refractivity contribution in [2.24, 2.45) is 0 Å². The van der Waals surface area contributed by atoms with Gasteiger partial charge in [-0.05, 0) is 19.1 Å². The first-order chi connectivity index (χ1) is 7.20. The average Bonchev–Trinajstić information content (AvgIpc) is 2.59. The average molecular weight is 201 g/mol. The molecule has 0 aliphatic rings. The second kappa shape index (κ2) is 3.54. The molecule has 2 aromatic rings. The molecule has 3 nitrogen and oxygen atoms in total. The number of aromatic nitrogens is 2. The number of hydrogen-bond donors (Lipinski definition) is 1. The Labute approximate surface area is 86.2 Å². The van der Waals surface area contributed by atoms with Crippen molar-refractivity contribution in [2.45, 2.75) is 6.92 Å². The highest BCUT2D eigenvalue weighted by atomic mass is 19.1. The zero-order chi connectivity index (χ0) is 10.8. The second-order valence-corrected chi connectivity index (χ2v) is 3.17. The Morgan fingerprint density at radius 2 is 2.27 bits per heavy atom. The van der Waals surface area contributed by atoms with E-state index in [0.29, 0.717) is 17.1 Å². The van der Waals surface area contributed by atoms with E-state index in [1.165, 1.54) is 12.1 Å². The van der Waals surface area contributed by atoms with E-state index in [4.69, 9.17) is 5.26 Å². The molecule has 15 heavy (non-hydrogen) atoms. The summed E-state index contributed by atoms with van der Waals surface area (Å²) >= 11 is 0. The minimum atomic E-state index is -0.330. The molecule has 1 N–H and O–H groups in total. The van der Waals surface area contributed by atoms with Crippen molar-refractivity contribution in [3.63, 3.8) is 0 Å². The summed E-state index contributed by atoms with van der Waals surface area (Å²) in [6.07, 6.45) is 0. The topological polar surface area (TPSA) is 52.5 Å². The van der Waals surface area contributed by atoms with E-state index in [1.54, 1.807) is 19.1 Å². The first kappa shape index (κ1) is 9.41. The summed E-state index contributed by atoms with van der Waals surface area (Å²) in [4.78, 5) is 6.93.